The van der Waals surface area contributed by atoms with Crippen molar-refractivity contribution in [2.24, 2.45) is 0 Å². The minimum Gasteiger partial charge on any atom is -0.465 e. The lowest BCUT2D eigenvalue weighted by atomic mass is 10.1. The summed E-state index contributed by atoms with van der Waals surface area (Å²) in [5, 5.41) is 3.27. The lowest BCUT2D eigenvalue weighted by Crippen LogP contribution is -2.27. The van der Waals surface area contributed by atoms with E-state index >= 15 is 0 Å². The Morgan fingerprint density at radius 2 is 1.82 bits per heavy atom. The number of rotatable bonds is 7. The number of methoxy groups -OCH3 is 1. The molecule has 3 amide bonds. The number of hydrogen-bond acceptors (Lipinski definition) is 6. The zero-order chi connectivity index (χ0) is 28.4. The summed E-state index contributed by atoms with van der Waals surface area (Å²) in [5.74, 6) is -1.76. The van der Waals surface area contributed by atoms with Crippen LogP contribution in [0.3, 0.4) is 0 Å². The number of nitrogens with one attached hydrogen (secondary N) is 1. The van der Waals surface area contributed by atoms with E-state index in [4.69, 9.17) is 11.6 Å². The maximum atomic E-state index is 13.4. The van der Waals surface area contributed by atoms with E-state index in [1.165, 1.54) is 19.2 Å². The van der Waals surface area contributed by atoms with Crippen LogP contribution in [0, 0.1) is 5.82 Å². The summed E-state index contributed by atoms with van der Waals surface area (Å²) in [5.41, 5.74) is 2.77. The van der Waals surface area contributed by atoms with E-state index in [0.717, 1.165) is 33.6 Å². The van der Waals surface area contributed by atoms with Crippen LogP contribution in [0.1, 0.15) is 21.5 Å². The third-order valence-electron chi connectivity index (χ3n) is 6.23. The Bertz CT molecular complexity index is 1700. The van der Waals surface area contributed by atoms with Crippen LogP contribution in [0.25, 0.3) is 17.0 Å². The van der Waals surface area contributed by atoms with E-state index in [1.54, 1.807) is 41.1 Å². The fourth-order valence-electron chi connectivity index (χ4n) is 4.28. The summed E-state index contributed by atoms with van der Waals surface area (Å²) in [4.78, 5) is 51.5. The van der Waals surface area contributed by atoms with Crippen LogP contribution in [0.15, 0.2) is 77.8 Å². The second-order valence-electron chi connectivity index (χ2n) is 8.85. The largest absolute Gasteiger partial charge is 0.465 e. The van der Waals surface area contributed by atoms with Crippen molar-refractivity contribution in [3.05, 3.63) is 105 Å². The molecule has 3 aromatic carbocycles. The molecule has 40 heavy (non-hydrogen) atoms. The molecule has 11 heteroatoms. The molecule has 4 aromatic rings. The third kappa shape index (κ3) is 5.63. The summed E-state index contributed by atoms with van der Waals surface area (Å²) in [6.07, 6.45) is 3.37. The minimum atomic E-state index is -0.510. The SMILES string of the molecule is COC(=O)c1ccc(NC(=O)Cn2cc(/C=C3\SC(=O)N(Cc4ccc(F)cc4Cl)C3=O)c3ccccc32)cc1. The molecule has 1 saturated heterocycles. The van der Waals surface area contributed by atoms with Gasteiger partial charge in [0.25, 0.3) is 11.1 Å². The molecule has 1 N–H and O–H groups in total. The maximum Gasteiger partial charge on any atom is 0.337 e. The number of hydrogen-bond donors (Lipinski definition) is 1. The Balaban J connectivity index is 1.35. The van der Waals surface area contributed by atoms with E-state index in [1.807, 2.05) is 24.3 Å². The molecule has 0 radical (unpaired) electrons. The zero-order valence-electron chi connectivity index (χ0n) is 21.0. The van der Waals surface area contributed by atoms with Crippen molar-refractivity contribution in [2.75, 3.05) is 12.4 Å². The van der Waals surface area contributed by atoms with Crippen molar-refractivity contribution < 1.29 is 28.3 Å². The van der Waals surface area contributed by atoms with Crippen LogP contribution in [-0.2, 0) is 27.4 Å². The second kappa shape index (κ2) is 11.4. The fourth-order valence-corrected chi connectivity index (χ4v) is 5.34. The Morgan fingerprint density at radius 3 is 2.55 bits per heavy atom. The van der Waals surface area contributed by atoms with Gasteiger partial charge in [-0.05, 0) is 65.9 Å². The molecule has 0 unspecified atom stereocenters. The highest BCUT2D eigenvalue weighted by Crippen LogP contribution is 2.35. The first-order valence-corrected chi connectivity index (χ1v) is 13.2. The molecule has 8 nitrogen and oxygen atoms in total. The van der Waals surface area contributed by atoms with Gasteiger partial charge in [-0.2, -0.15) is 0 Å². The molecule has 2 heterocycles. The molecule has 1 aliphatic heterocycles. The van der Waals surface area contributed by atoms with Crippen molar-refractivity contribution in [1.82, 2.24) is 9.47 Å². The number of ether oxygens (including phenoxy) is 1. The highest BCUT2D eigenvalue weighted by atomic mass is 35.5. The van der Waals surface area contributed by atoms with Gasteiger partial charge in [-0.3, -0.25) is 19.3 Å². The van der Waals surface area contributed by atoms with Gasteiger partial charge in [0.1, 0.15) is 12.4 Å². The van der Waals surface area contributed by atoms with Crippen LogP contribution in [0.4, 0.5) is 14.9 Å². The molecule has 0 spiro atoms. The van der Waals surface area contributed by atoms with Crippen LogP contribution in [0.2, 0.25) is 5.02 Å². The van der Waals surface area contributed by atoms with Crippen molar-refractivity contribution in [3.8, 4) is 0 Å². The van der Waals surface area contributed by atoms with Gasteiger partial charge in [0, 0.05) is 33.4 Å². The van der Waals surface area contributed by atoms with Gasteiger partial charge in [-0.25, -0.2) is 9.18 Å². The molecule has 202 valence electrons. The Kier molecular flexibility index (Phi) is 7.72. The number of fused-ring (bicyclic) bond motifs is 1. The van der Waals surface area contributed by atoms with E-state index in [-0.39, 0.29) is 28.9 Å². The molecule has 0 aliphatic carbocycles. The number of amides is 3. The molecule has 1 aliphatic rings. The second-order valence-corrected chi connectivity index (χ2v) is 10.3. The summed E-state index contributed by atoms with van der Waals surface area (Å²) in [6, 6.07) is 17.5. The first-order valence-electron chi connectivity index (χ1n) is 12.0. The number of anilines is 1. The van der Waals surface area contributed by atoms with Gasteiger partial charge in [-0.15, -0.1) is 0 Å². The van der Waals surface area contributed by atoms with Crippen LogP contribution >= 0.6 is 23.4 Å². The number of halogens is 2. The molecule has 0 bridgehead atoms. The topological polar surface area (TPSA) is 97.7 Å². The van der Waals surface area contributed by atoms with E-state index < -0.39 is 22.9 Å². The van der Waals surface area contributed by atoms with Crippen LogP contribution < -0.4 is 5.32 Å². The number of benzene rings is 3. The third-order valence-corrected chi connectivity index (χ3v) is 7.49. The van der Waals surface area contributed by atoms with E-state index in [0.29, 0.717) is 22.4 Å². The molecular weight excluding hydrogens is 557 g/mol. The minimum absolute atomic E-state index is 0.0162. The highest BCUT2D eigenvalue weighted by Gasteiger charge is 2.35. The first kappa shape index (κ1) is 27.2. The first-order chi connectivity index (χ1) is 19.2. The Hall–Kier alpha value is -4.41. The lowest BCUT2D eigenvalue weighted by molar-refractivity contribution is -0.123. The Labute approximate surface area is 237 Å². The van der Waals surface area contributed by atoms with Gasteiger partial charge < -0.3 is 14.6 Å². The average Bonchev–Trinajstić information content (AvgIpc) is 3.41. The molecule has 5 rings (SSSR count). The predicted molar refractivity (Wildman–Crippen MR) is 151 cm³/mol. The number of aromatic nitrogens is 1. The number of esters is 1. The monoisotopic (exact) mass is 577 g/mol. The van der Waals surface area contributed by atoms with Gasteiger partial charge in [-0.1, -0.05) is 35.9 Å². The standard InChI is InChI=1S/C29H21ClFN3O5S/c1-39-28(37)17-7-10-21(11-8-17)32-26(35)16-33-14-19(22-4-2-3-5-24(22)33)12-25-27(36)34(29(38)40-25)15-18-6-9-20(31)13-23(18)30/h2-14H,15-16H2,1H3,(H,32,35)/b25-12-. The summed E-state index contributed by atoms with van der Waals surface area (Å²) in [6.45, 7) is -0.0959. The summed E-state index contributed by atoms with van der Waals surface area (Å²) >= 11 is 6.89. The van der Waals surface area contributed by atoms with Gasteiger partial charge in [0.2, 0.25) is 5.91 Å². The van der Waals surface area contributed by atoms with Crippen molar-refractivity contribution in [1.29, 1.82) is 0 Å². The normalized spacial score (nSPS) is 14.3. The highest BCUT2D eigenvalue weighted by molar-refractivity contribution is 8.18. The van der Waals surface area contributed by atoms with E-state index in [9.17, 15) is 23.6 Å². The van der Waals surface area contributed by atoms with Gasteiger partial charge in [0.15, 0.2) is 0 Å². The fraction of sp³-hybridized carbons (Fsp3) is 0.103. The molecule has 0 atom stereocenters. The van der Waals surface area contributed by atoms with Crippen LogP contribution in [0.5, 0.6) is 0 Å². The summed E-state index contributed by atoms with van der Waals surface area (Å²) < 4.78 is 19.8. The molecule has 1 fully saturated rings. The number of carbonyl (C=O) groups excluding carboxylic acids is 4. The van der Waals surface area contributed by atoms with Crippen LogP contribution in [-0.4, -0.2) is 39.6 Å². The number of imide groups is 1. The Morgan fingerprint density at radius 1 is 1.07 bits per heavy atom. The molecule has 1 aromatic heterocycles. The van der Waals surface area contributed by atoms with E-state index in [2.05, 4.69) is 10.1 Å². The smallest absolute Gasteiger partial charge is 0.337 e. The average molecular weight is 578 g/mol. The van der Waals surface area contributed by atoms with Crippen molar-refractivity contribution in [2.45, 2.75) is 13.1 Å². The lowest BCUT2D eigenvalue weighted by Gasteiger charge is -2.13. The summed E-state index contributed by atoms with van der Waals surface area (Å²) in [7, 11) is 1.29. The zero-order valence-corrected chi connectivity index (χ0v) is 22.6. The van der Waals surface area contributed by atoms with Gasteiger partial charge in [0.05, 0.1) is 24.1 Å². The van der Waals surface area contributed by atoms with Gasteiger partial charge >= 0.3 is 5.97 Å². The quantitative estimate of drug-likeness (QED) is 0.211. The number of thioether (sulfide) groups is 1. The maximum absolute atomic E-state index is 13.4. The number of para-hydroxylation sites is 1. The number of nitrogens with zero attached hydrogens (tertiary/aromatic N) is 2. The van der Waals surface area contributed by atoms with Crippen molar-refractivity contribution in [3.63, 3.8) is 0 Å². The molecule has 0 saturated carbocycles. The number of carbonyl (C=O) groups is 4. The van der Waals surface area contributed by atoms with Crippen molar-refractivity contribution >= 4 is 69.1 Å². The molecular formula is C29H21ClFN3O5S. The predicted octanol–water partition coefficient (Wildman–Crippen LogP) is 6.10.